The maximum atomic E-state index is 12.4. The fraction of sp³-hybridized carbons (Fsp3) is 0.500. The van der Waals surface area contributed by atoms with E-state index in [9.17, 15) is 4.79 Å². The first kappa shape index (κ1) is 13.1. The lowest BCUT2D eigenvalue weighted by Gasteiger charge is -2.24. The van der Waals surface area contributed by atoms with Gasteiger partial charge in [0, 0.05) is 25.8 Å². The minimum atomic E-state index is 0.0955. The molecule has 2 N–H and O–H groups in total. The Kier molecular flexibility index (Phi) is 4.33. The molecule has 1 saturated heterocycles. The quantitative estimate of drug-likeness (QED) is 0.876. The van der Waals surface area contributed by atoms with Crippen molar-refractivity contribution < 1.29 is 9.53 Å². The van der Waals surface area contributed by atoms with Gasteiger partial charge in [0.2, 0.25) is 0 Å². The number of carbonyl (C=O) groups excluding carboxylic acids is 1. The zero-order chi connectivity index (χ0) is 13.0. The van der Waals surface area contributed by atoms with Crippen LogP contribution < -0.4 is 5.73 Å². The smallest absolute Gasteiger partial charge is 0.254 e. The first-order chi connectivity index (χ1) is 8.76. The van der Waals surface area contributed by atoms with Crippen molar-refractivity contribution in [3.63, 3.8) is 0 Å². The number of likely N-dealkylation sites (tertiary alicyclic amines) is 1. The van der Waals surface area contributed by atoms with Crippen LogP contribution in [0.25, 0.3) is 0 Å². The van der Waals surface area contributed by atoms with Crippen molar-refractivity contribution in [3.05, 3.63) is 35.4 Å². The SMILES string of the molecule is COCC1CCCN1C(=O)c1ccc(CN)cc1. The van der Waals surface area contributed by atoms with E-state index in [-0.39, 0.29) is 11.9 Å². The lowest BCUT2D eigenvalue weighted by molar-refractivity contribution is 0.0630. The van der Waals surface area contributed by atoms with Gasteiger partial charge in [0.05, 0.1) is 12.6 Å². The van der Waals surface area contributed by atoms with E-state index >= 15 is 0 Å². The van der Waals surface area contributed by atoms with Crippen molar-refractivity contribution in [2.24, 2.45) is 5.73 Å². The number of hydrogen-bond donors (Lipinski definition) is 1. The Morgan fingerprint density at radius 3 is 2.78 bits per heavy atom. The predicted molar refractivity (Wildman–Crippen MR) is 70.3 cm³/mol. The topological polar surface area (TPSA) is 55.6 Å². The van der Waals surface area contributed by atoms with Gasteiger partial charge in [-0.25, -0.2) is 0 Å². The molecule has 4 nitrogen and oxygen atoms in total. The van der Waals surface area contributed by atoms with Crippen molar-refractivity contribution in [2.75, 3.05) is 20.3 Å². The second-order valence-corrected chi connectivity index (χ2v) is 4.65. The van der Waals surface area contributed by atoms with E-state index in [2.05, 4.69) is 0 Å². The maximum absolute atomic E-state index is 12.4. The summed E-state index contributed by atoms with van der Waals surface area (Å²) in [6.07, 6.45) is 2.08. The largest absolute Gasteiger partial charge is 0.383 e. The van der Waals surface area contributed by atoms with E-state index in [1.165, 1.54) is 0 Å². The van der Waals surface area contributed by atoms with Crippen LogP contribution in [0.3, 0.4) is 0 Å². The maximum Gasteiger partial charge on any atom is 0.254 e. The van der Waals surface area contributed by atoms with Gasteiger partial charge >= 0.3 is 0 Å². The number of hydrogen-bond acceptors (Lipinski definition) is 3. The third-order valence-corrected chi connectivity index (χ3v) is 3.43. The molecule has 0 spiro atoms. The number of methoxy groups -OCH3 is 1. The highest BCUT2D eigenvalue weighted by Gasteiger charge is 2.29. The van der Waals surface area contributed by atoms with Gasteiger partial charge in [-0.15, -0.1) is 0 Å². The number of nitrogens with two attached hydrogens (primary N) is 1. The van der Waals surface area contributed by atoms with Crippen LogP contribution in [0.15, 0.2) is 24.3 Å². The molecule has 1 atom stereocenters. The molecule has 1 aliphatic rings. The first-order valence-corrected chi connectivity index (χ1v) is 6.35. The van der Waals surface area contributed by atoms with Crippen LogP contribution in [-0.4, -0.2) is 37.1 Å². The number of nitrogens with zero attached hydrogens (tertiary/aromatic N) is 1. The highest BCUT2D eigenvalue weighted by Crippen LogP contribution is 2.20. The molecular formula is C14H20N2O2. The van der Waals surface area contributed by atoms with E-state index < -0.39 is 0 Å². The second-order valence-electron chi connectivity index (χ2n) is 4.65. The van der Waals surface area contributed by atoms with Crippen molar-refractivity contribution in [3.8, 4) is 0 Å². The highest BCUT2D eigenvalue weighted by molar-refractivity contribution is 5.94. The Hall–Kier alpha value is -1.39. The van der Waals surface area contributed by atoms with Crippen LogP contribution in [-0.2, 0) is 11.3 Å². The van der Waals surface area contributed by atoms with E-state index in [0.29, 0.717) is 13.2 Å². The zero-order valence-electron chi connectivity index (χ0n) is 10.8. The fourth-order valence-electron chi connectivity index (χ4n) is 2.42. The summed E-state index contributed by atoms with van der Waals surface area (Å²) in [5.74, 6) is 0.0955. The molecule has 1 fully saturated rings. The van der Waals surface area contributed by atoms with Crippen LogP contribution >= 0.6 is 0 Å². The van der Waals surface area contributed by atoms with Crippen LogP contribution in [0.1, 0.15) is 28.8 Å². The van der Waals surface area contributed by atoms with Crippen molar-refractivity contribution >= 4 is 5.91 Å². The van der Waals surface area contributed by atoms with Gasteiger partial charge in [0.25, 0.3) is 5.91 Å². The van der Waals surface area contributed by atoms with Gasteiger partial charge in [-0.1, -0.05) is 12.1 Å². The molecule has 4 heteroatoms. The zero-order valence-corrected chi connectivity index (χ0v) is 10.8. The molecule has 1 aromatic rings. The third-order valence-electron chi connectivity index (χ3n) is 3.43. The predicted octanol–water partition coefficient (Wildman–Crippen LogP) is 1.40. The van der Waals surface area contributed by atoms with Gasteiger partial charge < -0.3 is 15.4 Å². The highest BCUT2D eigenvalue weighted by atomic mass is 16.5. The molecule has 0 saturated carbocycles. The number of amides is 1. The van der Waals surface area contributed by atoms with Crippen LogP contribution in [0.2, 0.25) is 0 Å². The molecule has 18 heavy (non-hydrogen) atoms. The van der Waals surface area contributed by atoms with E-state index in [4.69, 9.17) is 10.5 Å². The Balaban J connectivity index is 2.09. The summed E-state index contributed by atoms with van der Waals surface area (Å²) < 4.78 is 5.17. The standard InChI is InChI=1S/C14H20N2O2/c1-18-10-13-3-2-8-16(13)14(17)12-6-4-11(9-15)5-7-12/h4-7,13H,2-3,8-10,15H2,1H3. The minimum Gasteiger partial charge on any atom is -0.383 e. The van der Waals surface area contributed by atoms with E-state index in [0.717, 1.165) is 30.5 Å². The van der Waals surface area contributed by atoms with E-state index in [1.807, 2.05) is 29.2 Å². The third kappa shape index (κ3) is 2.71. The number of benzene rings is 1. The first-order valence-electron chi connectivity index (χ1n) is 6.35. The summed E-state index contributed by atoms with van der Waals surface area (Å²) in [5.41, 5.74) is 7.32. The fourth-order valence-corrected chi connectivity index (χ4v) is 2.42. The van der Waals surface area contributed by atoms with Gasteiger partial charge in [0.1, 0.15) is 0 Å². The molecule has 1 aliphatic heterocycles. The summed E-state index contributed by atoms with van der Waals surface area (Å²) in [7, 11) is 1.68. The Morgan fingerprint density at radius 2 is 2.17 bits per heavy atom. The van der Waals surface area contributed by atoms with Crippen LogP contribution in [0, 0.1) is 0 Å². The summed E-state index contributed by atoms with van der Waals surface area (Å²) in [6, 6.07) is 7.75. The molecule has 0 bridgehead atoms. The van der Waals surface area contributed by atoms with Gasteiger partial charge in [-0.05, 0) is 30.5 Å². The molecule has 1 unspecified atom stereocenters. The minimum absolute atomic E-state index is 0.0955. The summed E-state index contributed by atoms with van der Waals surface area (Å²) in [5, 5.41) is 0. The molecule has 1 amide bonds. The number of carbonyl (C=O) groups is 1. The van der Waals surface area contributed by atoms with Crippen molar-refractivity contribution in [2.45, 2.75) is 25.4 Å². The monoisotopic (exact) mass is 248 g/mol. The van der Waals surface area contributed by atoms with Gasteiger partial charge in [0.15, 0.2) is 0 Å². The molecule has 0 aromatic heterocycles. The van der Waals surface area contributed by atoms with Crippen LogP contribution in [0.4, 0.5) is 0 Å². The summed E-state index contributed by atoms with van der Waals surface area (Å²) in [4.78, 5) is 14.3. The molecule has 1 aromatic carbocycles. The summed E-state index contributed by atoms with van der Waals surface area (Å²) >= 11 is 0. The molecule has 2 rings (SSSR count). The van der Waals surface area contributed by atoms with Gasteiger partial charge in [-0.3, -0.25) is 4.79 Å². The molecule has 0 aliphatic carbocycles. The molecule has 98 valence electrons. The molecular weight excluding hydrogens is 228 g/mol. The number of ether oxygens (including phenoxy) is 1. The second kappa shape index (κ2) is 5.98. The Bertz CT molecular complexity index is 403. The lowest BCUT2D eigenvalue weighted by atomic mass is 10.1. The van der Waals surface area contributed by atoms with E-state index in [1.54, 1.807) is 7.11 Å². The summed E-state index contributed by atoms with van der Waals surface area (Å²) in [6.45, 7) is 1.95. The van der Waals surface area contributed by atoms with Crippen molar-refractivity contribution in [1.29, 1.82) is 0 Å². The normalized spacial score (nSPS) is 19.2. The van der Waals surface area contributed by atoms with Gasteiger partial charge in [-0.2, -0.15) is 0 Å². The van der Waals surface area contributed by atoms with Crippen LogP contribution in [0.5, 0.6) is 0 Å². The average molecular weight is 248 g/mol. The lowest BCUT2D eigenvalue weighted by Crippen LogP contribution is -2.38. The van der Waals surface area contributed by atoms with Crippen molar-refractivity contribution in [1.82, 2.24) is 4.90 Å². The molecule has 0 radical (unpaired) electrons. The molecule has 1 heterocycles. The Labute approximate surface area is 108 Å². The average Bonchev–Trinajstić information content (AvgIpc) is 2.87. The Morgan fingerprint density at radius 1 is 1.44 bits per heavy atom. The number of rotatable bonds is 4.